The fraction of sp³-hybridized carbons (Fsp3) is 1.00. The first-order chi connectivity index (χ1) is 9.42. The normalized spacial score (nSPS) is 36.9. The van der Waals surface area contributed by atoms with Crippen LogP contribution in [-0.4, -0.2) is 12.6 Å². The van der Waals surface area contributed by atoms with Crippen molar-refractivity contribution in [2.75, 3.05) is 6.54 Å². The quantitative estimate of drug-likeness (QED) is 0.760. The summed E-state index contributed by atoms with van der Waals surface area (Å²) in [7, 11) is 0. The molecule has 1 heteroatoms. The van der Waals surface area contributed by atoms with Crippen molar-refractivity contribution in [3.05, 3.63) is 0 Å². The Labute approximate surface area is 119 Å². The maximum atomic E-state index is 3.90. The van der Waals surface area contributed by atoms with E-state index < -0.39 is 0 Å². The van der Waals surface area contributed by atoms with Crippen LogP contribution in [0.15, 0.2) is 0 Å². The summed E-state index contributed by atoms with van der Waals surface area (Å²) < 4.78 is 0. The largest absolute Gasteiger partial charge is 0.314 e. The number of hydrogen-bond acceptors (Lipinski definition) is 1. The maximum Gasteiger partial charge on any atom is 0.00699 e. The van der Waals surface area contributed by atoms with Gasteiger partial charge in [-0.3, -0.25) is 0 Å². The van der Waals surface area contributed by atoms with Crippen LogP contribution in [0.5, 0.6) is 0 Å². The Morgan fingerprint density at radius 3 is 2.26 bits per heavy atom. The molecule has 3 fully saturated rings. The van der Waals surface area contributed by atoms with Crippen LogP contribution in [0, 0.1) is 17.8 Å². The van der Waals surface area contributed by atoms with Crippen molar-refractivity contribution < 1.29 is 0 Å². The molecule has 0 saturated heterocycles. The minimum atomic E-state index is 0.864. The molecule has 0 aromatic carbocycles. The van der Waals surface area contributed by atoms with Crippen LogP contribution in [-0.2, 0) is 0 Å². The molecule has 3 aliphatic rings. The molecule has 3 aliphatic carbocycles. The second-order valence-electron chi connectivity index (χ2n) is 7.56. The summed E-state index contributed by atoms with van der Waals surface area (Å²) in [6, 6.07) is 0.864. The molecule has 3 unspecified atom stereocenters. The number of rotatable bonds is 4. The van der Waals surface area contributed by atoms with Gasteiger partial charge in [-0.1, -0.05) is 57.8 Å². The van der Waals surface area contributed by atoms with E-state index in [2.05, 4.69) is 5.32 Å². The summed E-state index contributed by atoms with van der Waals surface area (Å²) in [5.74, 6) is 3.23. The first-order valence-electron chi connectivity index (χ1n) is 9.15. The molecule has 1 nitrogen and oxygen atoms in total. The summed E-state index contributed by atoms with van der Waals surface area (Å²) in [5.41, 5.74) is 0. The zero-order valence-corrected chi connectivity index (χ0v) is 12.7. The predicted octanol–water partition coefficient (Wildman–Crippen LogP) is 4.91. The van der Waals surface area contributed by atoms with Crippen LogP contribution >= 0.6 is 0 Å². The third-order valence-corrected chi connectivity index (χ3v) is 6.25. The molecule has 110 valence electrons. The molecule has 3 rings (SSSR count). The van der Waals surface area contributed by atoms with E-state index in [0.717, 1.165) is 23.8 Å². The van der Waals surface area contributed by atoms with Gasteiger partial charge in [0.25, 0.3) is 0 Å². The van der Waals surface area contributed by atoms with Crippen molar-refractivity contribution in [1.82, 2.24) is 5.32 Å². The summed E-state index contributed by atoms with van der Waals surface area (Å²) in [6.45, 7) is 1.30. The van der Waals surface area contributed by atoms with E-state index in [4.69, 9.17) is 0 Å². The van der Waals surface area contributed by atoms with Gasteiger partial charge < -0.3 is 5.32 Å². The summed E-state index contributed by atoms with van der Waals surface area (Å²) in [6.07, 6.45) is 19.5. The van der Waals surface area contributed by atoms with E-state index in [1.807, 2.05) is 0 Å². The van der Waals surface area contributed by atoms with E-state index in [9.17, 15) is 0 Å². The molecule has 19 heavy (non-hydrogen) atoms. The average Bonchev–Trinajstić information content (AvgIpc) is 2.48. The van der Waals surface area contributed by atoms with Gasteiger partial charge >= 0.3 is 0 Å². The van der Waals surface area contributed by atoms with E-state index in [-0.39, 0.29) is 0 Å². The van der Waals surface area contributed by atoms with Crippen LogP contribution in [0.2, 0.25) is 0 Å². The van der Waals surface area contributed by atoms with Gasteiger partial charge in [0.1, 0.15) is 0 Å². The van der Waals surface area contributed by atoms with Crippen molar-refractivity contribution >= 4 is 0 Å². The van der Waals surface area contributed by atoms with Gasteiger partial charge in [-0.25, -0.2) is 0 Å². The molecule has 3 saturated carbocycles. The van der Waals surface area contributed by atoms with Gasteiger partial charge in [-0.2, -0.15) is 0 Å². The highest BCUT2D eigenvalue weighted by Gasteiger charge is 2.31. The Hall–Kier alpha value is -0.0400. The zero-order chi connectivity index (χ0) is 12.9. The molecule has 3 atom stereocenters. The van der Waals surface area contributed by atoms with Gasteiger partial charge in [0.2, 0.25) is 0 Å². The second-order valence-corrected chi connectivity index (χ2v) is 7.56. The van der Waals surface area contributed by atoms with Crippen LogP contribution in [0.3, 0.4) is 0 Å². The van der Waals surface area contributed by atoms with E-state index in [0.29, 0.717) is 0 Å². The van der Waals surface area contributed by atoms with Crippen molar-refractivity contribution in [3.63, 3.8) is 0 Å². The molecule has 0 aromatic heterocycles. The summed E-state index contributed by atoms with van der Waals surface area (Å²) >= 11 is 0. The molecule has 0 spiro atoms. The standard InChI is InChI=1S/C18H33N/c1-2-6-15(7-3-1)12-13-19-18-11-10-16-8-4-5-9-17(16)14-18/h15-19H,1-14H2. The monoisotopic (exact) mass is 263 g/mol. The molecule has 0 bridgehead atoms. The third kappa shape index (κ3) is 3.97. The highest BCUT2D eigenvalue weighted by Crippen LogP contribution is 2.40. The summed E-state index contributed by atoms with van der Waals surface area (Å²) in [4.78, 5) is 0. The van der Waals surface area contributed by atoms with Gasteiger partial charge in [0, 0.05) is 6.04 Å². The van der Waals surface area contributed by atoms with Crippen LogP contribution < -0.4 is 5.32 Å². The Morgan fingerprint density at radius 1 is 0.684 bits per heavy atom. The van der Waals surface area contributed by atoms with Gasteiger partial charge in [-0.05, 0) is 50.0 Å². The fourth-order valence-electron chi connectivity index (χ4n) is 5.03. The molecule has 0 radical (unpaired) electrons. The molecule has 1 N–H and O–H groups in total. The Kier molecular flexibility index (Phi) is 5.21. The van der Waals surface area contributed by atoms with Gasteiger partial charge in [0.15, 0.2) is 0 Å². The molecular formula is C18H33N. The fourth-order valence-corrected chi connectivity index (χ4v) is 5.03. The minimum Gasteiger partial charge on any atom is -0.314 e. The first kappa shape index (κ1) is 13.9. The highest BCUT2D eigenvalue weighted by atomic mass is 14.9. The first-order valence-corrected chi connectivity index (χ1v) is 9.15. The lowest BCUT2D eigenvalue weighted by atomic mass is 9.69. The van der Waals surface area contributed by atoms with Crippen molar-refractivity contribution in [2.24, 2.45) is 17.8 Å². The lowest BCUT2D eigenvalue weighted by molar-refractivity contribution is 0.142. The van der Waals surface area contributed by atoms with Crippen LogP contribution in [0.1, 0.15) is 83.5 Å². The number of nitrogens with one attached hydrogen (secondary N) is 1. The second kappa shape index (κ2) is 7.11. The van der Waals surface area contributed by atoms with Crippen LogP contribution in [0.25, 0.3) is 0 Å². The van der Waals surface area contributed by atoms with Gasteiger partial charge in [-0.15, -0.1) is 0 Å². The Bertz CT molecular complexity index is 256. The molecule has 0 heterocycles. The number of fused-ring (bicyclic) bond motifs is 1. The average molecular weight is 263 g/mol. The zero-order valence-electron chi connectivity index (χ0n) is 12.7. The van der Waals surface area contributed by atoms with Crippen molar-refractivity contribution in [1.29, 1.82) is 0 Å². The summed E-state index contributed by atoms with van der Waals surface area (Å²) in [5, 5.41) is 3.90. The minimum absolute atomic E-state index is 0.864. The molecular weight excluding hydrogens is 230 g/mol. The smallest absolute Gasteiger partial charge is 0.00699 e. The van der Waals surface area contributed by atoms with Crippen molar-refractivity contribution in [2.45, 2.75) is 89.5 Å². The van der Waals surface area contributed by atoms with E-state index >= 15 is 0 Å². The Morgan fingerprint density at radius 2 is 1.42 bits per heavy atom. The SMILES string of the molecule is C1CCC(CCNC2CCC3CCCCC3C2)CC1. The maximum absolute atomic E-state index is 3.90. The lowest BCUT2D eigenvalue weighted by Gasteiger charge is -2.39. The molecule has 0 aromatic rings. The lowest BCUT2D eigenvalue weighted by Crippen LogP contribution is -2.39. The van der Waals surface area contributed by atoms with Gasteiger partial charge in [0.05, 0.1) is 0 Å². The topological polar surface area (TPSA) is 12.0 Å². The number of hydrogen-bond donors (Lipinski definition) is 1. The van der Waals surface area contributed by atoms with E-state index in [1.54, 1.807) is 6.42 Å². The third-order valence-electron chi connectivity index (χ3n) is 6.25. The van der Waals surface area contributed by atoms with E-state index in [1.165, 1.54) is 83.6 Å². The molecule has 0 aliphatic heterocycles. The molecule has 0 amide bonds. The highest BCUT2D eigenvalue weighted by molar-refractivity contribution is 4.86. The van der Waals surface area contributed by atoms with Crippen molar-refractivity contribution in [3.8, 4) is 0 Å². The predicted molar refractivity (Wildman–Crippen MR) is 82.3 cm³/mol. The Balaban J connectivity index is 1.34. The van der Waals surface area contributed by atoms with Crippen LogP contribution in [0.4, 0.5) is 0 Å².